The smallest absolute Gasteiger partial charge is 0.255 e. The molecule has 2 fully saturated rings. The van der Waals surface area contributed by atoms with Crippen LogP contribution >= 0.6 is 11.8 Å². The first kappa shape index (κ1) is 21.3. The number of ether oxygens (including phenoxy) is 3. The van der Waals surface area contributed by atoms with Gasteiger partial charge in [-0.1, -0.05) is 0 Å². The van der Waals surface area contributed by atoms with Crippen molar-refractivity contribution in [1.29, 1.82) is 0 Å². The summed E-state index contributed by atoms with van der Waals surface area (Å²) in [7, 11) is 3.24. The molecule has 1 amide bonds. The molecule has 7 heteroatoms. The third kappa shape index (κ3) is 5.78. The number of carbonyl (C=O) groups is 1. The maximum Gasteiger partial charge on any atom is 0.255 e. The van der Waals surface area contributed by atoms with Gasteiger partial charge in [-0.2, -0.15) is 11.8 Å². The van der Waals surface area contributed by atoms with Crippen molar-refractivity contribution in [3.8, 4) is 11.5 Å². The van der Waals surface area contributed by atoms with Crippen LogP contribution < -0.4 is 14.8 Å². The molecule has 3 rings (SSSR count). The molecule has 0 atom stereocenters. The predicted octanol–water partition coefficient (Wildman–Crippen LogP) is 2.81. The molecule has 0 radical (unpaired) electrons. The van der Waals surface area contributed by atoms with E-state index in [1.54, 1.807) is 26.4 Å². The van der Waals surface area contributed by atoms with Crippen molar-refractivity contribution in [3.63, 3.8) is 0 Å². The first-order valence-electron chi connectivity index (χ1n) is 10.1. The molecule has 2 aliphatic rings. The summed E-state index contributed by atoms with van der Waals surface area (Å²) >= 11 is 2.07. The van der Waals surface area contributed by atoms with Crippen molar-refractivity contribution < 1.29 is 19.0 Å². The minimum Gasteiger partial charge on any atom is -0.497 e. The Bertz CT molecular complexity index is 629. The molecule has 0 unspecified atom stereocenters. The lowest BCUT2D eigenvalue weighted by Crippen LogP contribution is -2.45. The second-order valence-corrected chi connectivity index (χ2v) is 8.53. The Balaban J connectivity index is 1.60. The van der Waals surface area contributed by atoms with Crippen molar-refractivity contribution in [2.45, 2.75) is 37.8 Å². The molecule has 2 heterocycles. The number of nitrogens with one attached hydrogen (secondary N) is 1. The fourth-order valence-electron chi connectivity index (χ4n) is 3.87. The normalized spacial score (nSPS) is 19.4. The quantitative estimate of drug-likeness (QED) is 0.668. The number of thioether (sulfide) groups is 1. The number of carbonyl (C=O) groups excluding carboxylic acids is 1. The van der Waals surface area contributed by atoms with E-state index in [1.165, 1.54) is 24.3 Å². The van der Waals surface area contributed by atoms with Crippen molar-refractivity contribution in [2.24, 2.45) is 0 Å². The molecule has 156 valence electrons. The molecule has 1 aromatic rings. The molecule has 0 saturated carbocycles. The highest BCUT2D eigenvalue weighted by Crippen LogP contribution is 2.29. The fourth-order valence-corrected chi connectivity index (χ4v) is 4.95. The number of rotatable bonds is 8. The van der Waals surface area contributed by atoms with E-state index in [0.29, 0.717) is 30.2 Å². The van der Waals surface area contributed by atoms with E-state index in [2.05, 4.69) is 22.0 Å². The molecule has 2 saturated heterocycles. The number of hydrogen-bond acceptors (Lipinski definition) is 6. The molecule has 0 aliphatic carbocycles. The lowest BCUT2D eigenvalue weighted by Gasteiger charge is -2.39. The lowest BCUT2D eigenvalue weighted by molar-refractivity contribution is 0.0709. The first-order chi connectivity index (χ1) is 13.7. The van der Waals surface area contributed by atoms with E-state index in [1.807, 2.05) is 6.07 Å². The van der Waals surface area contributed by atoms with Gasteiger partial charge in [0.1, 0.15) is 17.6 Å². The van der Waals surface area contributed by atoms with Gasteiger partial charge in [0.2, 0.25) is 0 Å². The maximum atomic E-state index is 12.5. The van der Waals surface area contributed by atoms with Crippen LogP contribution in [0.1, 0.15) is 36.0 Å². The van der Waals surface area contributed by atoms with Gasteiger partial charge in [0.25, 0.3) is 5.91 Å². The van der Waals surface area contributed by atoms with Crippen molar-refractivity contribution >= 4 is 17.7 Å². The van der Waals surface area contributed by atoms with Crippen LogP contribution in [0.25, 0.3) is 0 Å². The average molecular weight is 409 g/mol. The minimum atomic E-state index is -0.146. The number of benzene rings is 1. The molecule has 0 spiro atoms. The average Bonchev–Trinajstić information content (AvgIpc) is 2.75. The molecular weight excluding hydrogens is 376 g/mol. The van der Waals surface area contributed by atoms with Gasteiger partial charge >= 0.3 is 0 Å². The Labute approximate surface area is 172 Å². The Morgan fingerprint density at radius 3 is 2.61 bits per heavy atom. The highest BCUT2D eigenvalue weighted by atomic mass is 32.2. The number of piperidine rings is 1. The molecule has 0 bridgehead atoms. The standard InChI is InChI=1S/C21H32N2O4S/c1-25-12-9-22-21(24)19-4-3-18(26-2)15-20(19)27-17-5-10-23(11-6-17)16-7-13-28-14-8-16/h3-4,15-17H,5-14H2,1-2H3,(H,22,24). The van der Waals surface area contributed by atoms with E-state index in [9.17, 15) is 4.79 Å². The summed E-state index contributed by atoms with van der Waals surface area (Å²) in [6.07, 6.45) is 4.72. The third-order valence-electron chi connectivity index (χ3n) is 5.50. The van der Waals surface area contributed by atoms with Gasteiger partial charge in [-0.05, 0) is 49.3 Å². The Morgan fingerprint density at radius 1 is 1.18 bits per heavy atom. The zero-order valence-electron chi connectivity index (χ0n) is 16.9. The zero-order valence-corrected chi connectivity index (χ0v) is 17.8. The number of nitrogens with zero attached hydrogens (tertiary/aromatic N) is 1. The topological polar surface area (TPSA) is 60.0 Å². The SMILES string of the molecule is COCCNC(=O)c1ccc(OC)cc1OC1CCN(C2CCSCC2)CC1. The second kappa shape index (κ2) is 10.9. The van der Waals surface area contributed by atoms with Crippen LogP contribution in [0.5, 0.6) is 11.5 Å². The summed E-state index contributed by atoms with van der Waals surface area (Å²) in [5.41, 5.74) is 0.545. The summed E-state index contributed by atoms with van der Waals surface area (Å²) < 4.78 is 16.6. The zero-order chi connectivity index (χ0) is 19.8. The number of methoxy groups -OCH3 is 2. The highest BCUT2D eigenvalue weighted by Gasteiger charge is 2.28. The molecule has 2 aliphatic heterocycles. The second-order valence-electron chi connectivity index (χ2n) is 7.31. The van der Waals surface area contributed by atoms with E-state index in [0.717, 1.165) is 32.0 Å². The minimum absolute atomic E-state index is 0.131. The molecule has 6 nitrogen and oxygen atoms in total. The van der Waals surface area contributed by atoms with Crippen LogP contribution in [0.15, 0.2) is 18.2 Å². The van der Waals surface area contributed by atoms with Gasteiger partial charge in [0.15, 0.2) is 0 Å². The maximum absolute atomic E-state index is 12.5. The van der Waals surface area contributed by atoms with Crippen LogP contribution in [-0.2, 0) is 4.74 Å². The Morgan fingerprint density at radius 2 is 1.93 bits per heavy atom. The third-order valence-corrected chi connectivity index (χ3v) is 6.55. The summed E-state index contributed by atoms with van der Waals surface area (Å²) in [6, 6.07) is 6.12. The molecule has 1 N–H and O–H groups in total. The molecule has 0 aromatic heterocycles. The highest BCUT2D eigenvalue weighted by molar-refractivity contribution is 7.99. The fraction of sp³-hybridized carbons (Fsp3) is 0.667. The largest absolute Gasteiger partial charge is 0.497 e. The van der Waals surface area contributed by atoms with Crippen molar-refractivity contribution in [3.05, 3.63) is 23.8 Å². The van der Waals surface area contributed by atoms with Gasteiger partial charge in [-0.25, -0.2) is 0 Å². The predicted molar refractivity (Wildman–Crippen MR) is 113 cm³/mol. The van der Waals surface area contributed by atoms with Crippen LogP contribution in [0.4, 0.5) is 0 Å². The summed E-state index contributed by atoms with van der Waals surface area (Å²) in [5.74, 6) is 3.72. The summed E-state index contributed by atoms with van der Waals surface area (Å²) in [4.78, 5) is 15.2. The van der Waals surface area contributed by atoms with Crippen LogP contribution in [-0.4, -0.2) is 74.9 Å². The number of likely N-dealkylation sites (tertiary alicyclic amines) is 1. The van der Waals surface area contributed by atoms with E-state index in [4.69, 9.17) is 14.2 Å². The Hall–Kier alpha value is -1.44. The molecule has 1 aromatic carbocycles. The van der Waals surface area contributed by atoms with Gasteiger partial charge < -0.3 is 24.4 Å². The summed E-state index contributed by atoms with van der Waals surface area (Å²) in [6.45, 7) is 3.09. The van der Waals surface area contributed by atoms with Crippen molar-refractivity contribution in [2.75, 3.05) is 52.0 Å². The van der Waals surface area contributed by atoms with Gasteiger partial charge in [0.05, 0.1) is 19.3 Å². The van der Waals surface area contributed by atoms with Gasteiger partial charge in [-0.3, -0.25) is 4.79 Å². The molecule has 28 heavy (non-hydrogen) atoms. The first-order valence-corrected chi connectivity index (χ1v) is 11.3. The van der Waals surface area contributed by atoms with E-state index >= 15 is 0 Å². The van der Waals surface area contributed by atoms with Crippen molar-refractivity contribution in [1.82, 2.24) is 10.2 Å². The van der Waals surface area contributed by atoms with Crippen LogP contribution in [0.2, 0.25) is 0 Å². The number of amides is 1. The van der Waals surface area contributed by atoms with Crippen LogP contribution in [0, 0.1) is 0 Å². The van der Waals surface area contributed by atoms with Gasteiger partial charge in [0, 0.05) is 38.9 Å². The monoisotopic (exact) mass is 408 g/mol. The summed E-state index contributed by atoms with van der Waals surface area (Å²) in [5, 5.41) is 2.87. The van der Waals surface area contributed by atoms with E-state index < -0.39 is 0 Å². The van der Waals surface area contributed by atoms with Crippen LogP contribution in [0.3, 0.4) is 0 Å². The van der Waals surface area contributed by atoms with Gasteiger partial charge in [-0.15, -0.1) is 0 Å². The van der Waals surface area contributed by atoms with E-state index in [-0.39, 0.29) is 12.0 Å². The molecular formula is C21H32N2O4S. The Kier molecular flexibility index (Phi) is 8.30. The number of hydrogen-bond donors (Lipinski definition) is 1. The lowest BCUT2D eigenvalue weighted by atomic mass is 10.0.